The van der Waals surface area contributed by atoms with Crippen molar-refractivity contribution in [3.63, 3.8) is 0 Å². The molecule has 0 spiro atoms. The van der Waals surface area contributed by atoms with E-state index in [1.54, 1.807) is 13.8 Å². The summed E-state index contributed by atoms with van der Waals surface area (Å²) in [5.41, 5.74) is 9.09. The zero-order valence-electron chi connectivity index (χ0n) is 17.3. The zero-order chi connectivity index (χ0) is 21.3. The Bertz CT molecular complexity index is 719. The van der Waals surface area contributed by atoms with Gasteiger partial charge in [0.25, 0.3) is 0 Å². The van der Waals surface area contributed by atoms with Gasteiger partial charge in [-0.1, -0.05) is 0 Å². The molecule has 1 saturated heterocycles. The molecule has 2 atom stereocenters. The molecule has 0 radical (unpaired) electrons. The van der Waals surface area contributed by atoms with Crippen LogP contribution in [0.2, 0.25) is 0 Å². The minimum Gasteiger partial charge on any atom is -0.382 e. The Labute approximate surface area is 170 Å². The van der Waals surface area contributed by atoms with E-state index in [0.717, 1.165) is 47.5 Å². The lowest BCUT2D eigenvalue weighted by Gasteiger charge is -2.45. The number of benzene rings is 1. The largest absolute Gasteiger partial charge is 0.471 e. The van der Waals surface area contributed by atoms with Gasteiger partial charge in [0.15, 0.2) is 0 Å². The average Bonchev–Trinajstić information content (AvgIpc) is 2.62. The van der Waals surface area contributed by atoms with E-state index in [1.165, 1.54) is 0 Å². The topological polar surface area (TPSA) is 61.6 Å². The van der Waals surface area contributed by atoms with E-state index in [2.05, 4.69) is 16.3 Å². The first-order valence-electron chi connectivity index (χ1n) is 10.3. The van der Waals surface area contributed by atoms with E-state index in [1.807, 2.05) is 19.1 Å². The third-order valence-corrected chi connectivity index (χ3v) is 6.08. The highest BCUT2D eigenvalue weighted by Gasteiger charge is 2.47. The summed E-state index contributed by atoms with van der Waals surface area (Å²) < 4.78 is 38.7. The van der Waals surface area contributed by atoms with Gasteiger partial charge in [0, 0.05) is 48.6 Å². The standard InChI is InChI=1S/C21H31F3N4O/c1-13-10-18(26-17-6-4-16(25)5-7-17)8-9-19(13)27-11-14(2)28(15(3)12-27)20(29)21(22,23)24/h8-10,14-17,26H,4-7,11-12,25H2,1-3H3. The van der Waals surface area contributed by atoms with Crippen molar-refractivity contribution in [2.75, 3.05) is 23.3 Å². The van der Waals surface area contributed by atoms with Crippen molar-refractivity contribution in [3.8, 4) is 0 Å². The summed E-state index contributed by atoms with van der Waals surface area (Å²) in [6.07, 6.45) is -0.647. The number of carbonyl (C=O) groups excluding carboxylic acids is 1. The maximum atomic E-state index is 12.9. The summed E-state index contributed by atoms with van der Waals surface area (Å²) in [6.45, 7) is 6.11. The molecule has 3 rings (SSSR count). The van der Waals surface area contributed by atoms with Crippen LogP contribution in [-0.4, -0.2) is 54.2 Å². The van der Waals surface area contributed by atoms with Crippen molar-refractivity contribution in [2.45, 2.75) is 76.8 Å². The molecule has 5 nitrogen and oxygen atoms in total. The molecule has 8 heteroatoms. The normalized spacial score (nSPS) is 28.4. The molecule has 0 aromatic heterocycles. The van der Waals surface area contributed by atoms with E-state index in [4.69, 9.17) is 5.73 Å². The Morgan fingerprint density at radius 3 is 2.21 bits per heavy atom. The Morgan fingerprint density at radius 2 is 1.69 bits per heavy atom. The van der Waals surface area contributed by atoms with Crippen LogP contribution in [0.3, 0.4) is 0 Å². The number of nitrogens with zero attached hydrogens (tertiary/aromatic N) is 2. The molecule has 162 valence electrons. The average molecular weight is 413 g/mol. The number of nitrogens with two attached hydrogens (primary N) is 1. The molecule has 3 N–H and O–H groups in total. The van der Waals surface area contributed by atoms with Gasteiger partial charge < -0.3 is 20.9 Å². The second kappa shape index (κ2) is 8.42. The van der Waals surface area contributed by atoms with Crippen LogP contribution in [0, 0.1) is 6.92 Å². The summed E-state index contributed by atoms with van der Waals surface area (Å²) in [4.78, 5) is 14.8. The van der Waals surface area contributed by atoms with E-state index in [9.17, 15) is 18.0 Å². The summed E-state index contributed by atoms with van der Waals surface area (Å²) in [5.74, 6) is -1.75. The van der Waals surface area contributed by atoms with Crippen LogP contribution in [0.4, 0.5) is 24.5 Å². The van der Waals surface area contributed by atoms with Crippen molar-refractivity contribution in [1.82, 2.24) is 4.90 Å². The number of nitrogens with one attached hydrogen (secondary N) is 1. The van der Waals surface area contributed by atoms with Gasteiger partial charge in [-0.25, -0.2) is 0 Å². The van der Waals surface area contributed by atoms with Gasteiger partial charge in [-0.2, -0.15) is 13.2 Å². The third kappa shape index (κ3) is 4.97. The van der Waals surface area contributed by atoms with Crippen molar-refractivity contribution in [2.24, 2.45) is 5.73 Å². The van der Waals surface area contributed by atoms with Crippen LogP contribution >= 0.6 is 0 Å². The number of piperazine rings is 1. The van der Waals surface area contributed by atoms with Gasteiger partial charge >= 0.3 is 12.1 Å². The van der Waals surface area contributed by atoms with E-state index in [0.29, 0.717) is 25.2 Å². The fourth-order valence-corrected chi connectivity index (χ4v) is 4.67. The van der Waals surface area contributed by atoms with Gasteiger partial charge in [-0.05, 0) is 70.2 Å². The first-order chi connectivity index (χ1) is 13.6. The van der Waals surface area contributed by atoms with E-state index < -0.39 is 24.2 Å². The highest BCUT2D eigenvalue weighted by Crippen LogP contribution is 2.31. The molecule has 1 aliphatic carbocycles. The minimum absolute atomic E-state index is 0.309. The predicted octanol–water partition coefficient (Wildman–Crippen LogP) is 3.66. The quantitative estimate of drug-likeness (QED) is 0.795. The van der Waals surface area contributed by atoms with Crippen LogP contribution in [0.5, 0.6) is 0 Å². The zero-order valence-corrected chi connectivity index (χ0v) is 17.3. The minimum atomic E-state index is -4.84. The van der Waals surface area contributed by atoms with Crippen molar-refractivity contribution in [1.29, 1.82) is 0 Å². The molecule has 1 amide bonds. The number of hydrogen-bond acceptors (Lipinski definition) is 4. The highest BCUT2D eigenvalue weighted by atomic mass is 19.4. The number of aryl methyl sites for hydroxylation is 1. The molecule has 2 fully saturated rings. The molecule has 1 aromatic rings. The maximum absolute atomic E-state index is 12.9. The number of anilines is 2. The van der Waals surface area contributed by atoms with Crippen molar-refractivity contribution in [3.05, 3.63) is 23.8 Å². The van der Waals surface area contributed by atoms with Crippen LogP contribution in [0.25, 0.3) is 0 Å². The molecule has 29 heavy (non-hydrogen) atoms. The molecule has 1 aromatic carbocycles. The van der Waals surface area contributed by atoms with E-state index in [-0.39, 0.29) is 0 Å². The lowest BCUT2D eigenvalue weighted by Crippen LogP contribution is -2.61. The number of rotatable bonds is 3. The molecule has 1 aliphatic heterocycles. The molecular formula is C21H31F3N4O. The van der Waals surface area contributed by atoms with E-state index >= 15 is 0 Å². The van der Waals surface area contributed by atoms with Gasteiger partial charge in [0.2, 0.25) is 0 Å². The molecule has 2 aliphatic rings. The van der Waals surface area contributed by atoms with Crippen molar-refractivity contribution >= 4 is 17.3 Å². The van der Waals surface area contributed by atoms with Crippen LogP contribution < -0.4 is 16.0 Å². The fourth-order valence-electron chi connectivity index (χ4n) is 4.67. The Balaban J connectivity index is 1.67. The molecular weight excluding hydrogens is 381 g/mol. The summed E-state index contributed by atoms with van der Waals surface area (Å²) in [5, 5.41) is 3.58. The SMILES string of the molecule is Cc1cc(NC2CCC(N)CC2)ccc1N1CC(C)N(C(=O)C(F)(F)F)C(C)C1. The summed E-state index contributed by atoms with van der Waals surface area (Å²) in [7, 11) is 0. The van der Waals surface area contributed by atoms with Crippen LogP contribution in [0.15, 0.2) is 18.2 Å². The van der Waals surface area contributed by atoms with Gasteiger partial charge in [-0.3, -0.25) is 4.79 Å². The Hall–Kier alpha value is -1.96. The first-order valence-corrected chi connectivity index (χ1v) is 10.3. The second-order valence-electron chi connectivity index (χ2n) is 8.57. The molecule has 1 heterocycles. The third-order valence-electron chi connectivity index (χ3n) is 6.08. The van der Waals surface area contributed by atoms with Gasteiger partial charge in [0.05, 0.1) is 0 Å². The van der Waals surface area contributed by atoms with Gasteiger partial charge in [-0.15, -0.1) is 0 Å². The number of hydrogen-bond donors (Lipinski definition) is 2. The number of alkyl halides is 3. The molecule has 1 saturated carbocycles. The fraction of sp³-hybridized carbons (Fsp3) is 0.667. The van der Waals surface area contributed by atoms with Crippen LogP contribution in [0.1, 0.15) is 45.1 Å². The molecule has 2 unspecified atom stereocenters. The Morgan fingerprint density at radius 1 is 1.10 bits per heavy atom. The first kappa shape index (κ1) is 21.7. The van der Waals surface area contributed by atoms with Crippen LogP contribution in [-0.2, 0) is 4.79 Å². The van der Waals surface area contributed by atoms with Crippen molar-refractivity contribution < 1.29 is 18.0 Å². The predicted molar refractivity (Wildman–Crippen MR) is 109 cm³/mol. The smallest absolute Gasteiger partial charge is 0.382 e. The van der Waals surface area contributed by atoms with Gasteiger partial charge in [0.1, 0.15) is 0 Å². The maximum Gasteiger partial charge on any atom is 0.471 e. The summed E-state index contributed by atoms with van der Waals surface area (Å²) >= 11 is 0. The summed E-state index contributed by atoms with van der Waals surface area (Å²) in [6, 6.07) is 5.84. The number of halogens is 3. The monoisotopic (exact) mass is 412 g/mol. The number of amides is 1. The Kier molecular flexibility index (Phi) is 6.31. The lowest BCUT2D eigenvalue weighted by molar-refractivity contribution is -0.190. The lowest BCUT2D eigenvalue weighted by atomic mass is 9.91. The second-order valence-corrected chi connectivity index (χ2v) is 8.57. The highest BCUT2D eigenvalue weighted by molar-refractivity contribution is 5.83. The molecule has 0 bridgehead atoms. The number of carbonyl (C=O) groups is 1.